The van der Waals surface area contributed by atoms with Gasteiger partial charge >= 0.3 is 34.7 Å². The number of benzene rings is 3. The molecule has 0 aliphatic heterocycles. The van der Waals surface area contributed by atoms with E-state index in [1.807, 2.05) is 0 Å². The first-order valence-corrected chi connectivity index (χ1v) is 14.5. The fourth-order valence-corrected chi connectivity index (χ4v) is 4.89. The van der Waals surface area contributed by atoms with Crippen molar-refractivity contribution in [1.29, 1.82) is 0 Å². The van der Waals surface area contributed by atoms with Crippen LogP contribution in [0.4, 0.5) is 0 Å². The molecule has 3 aromatic carbocycles. The van der Waals surface area contributed by atoms with Crippen LogP contribution in [0.3, 0.4) is 0 Å². The van der Waals surface area contributed by atoms with Crippen molar-refractivity contribution >= 4 is 43.1 Å². The van der Waals surface area contributed by atoms with Crippen LogP contribution in [-0.2, 0) is 15.4 Å². The molecule has 0 spiro atoms. The first kappa shape index (κ1) is 23.3. The van der Waals surface area contributed by atoms with Gasteiger partial charge in [0, 0.05) is 0 Å². The summed E-state index contributed by atoms with van der Waals surface area (Å²) in [4.78, 5) is 0. The third-order valence-electron chi connectivity index (χ3n) is 3.19. The Kier molecular flexibility index (Phi) is 13.2. The van der Waals surface area contributed by atoms with Crippen molar-refractivity contribution in [2.24, 2.45) is 0 Å². The fraction of sp³-hybridized carbons (Fsp3) is 0. The number of hydrogen-bond donors (Lipinski definition) is 0. The molecule has 0 heterocycles. The zero-order chi connectivity index (χ0) is 15.6. The Morgan fingerprint density at radius 1 is 0.500 bits per heavy atom. The number of halogens is 2. The minimum Gasteiger partial charge on any atom is -0.0620 e. The van der Waals surface area contributed by atoms with Gasteiger partial charge in [0.15, 0.2) is 0 Å². The van der Waals surface area contributed by atoms with Crippen LogP contribution in [-0.4, -0.2) is 0 Å². The summed E-state index contributed by atoms with van der Waals surface area (Å²) in [5, 5.41) is 4.31. The Bertz CT molecular complexity index is 554. The van der Waals surface area contributed by atoms with Gasteiger partial charge in [0.2, 0.25) is 0 Å². The van der Waals surface area contributed by atoms with E-state index in [-0.39, 0.29) is 14.9 Å². The molecular formula is C20H22Cl2OsP-. The zero-order valence-electron chi connectivity index (χ0n) is 13.8. The van der Waals surface area contributed by atoms with Gasteiger partial charge in [0.25, 0.3) is 0 Å². The van der Waals surface area contributed by atoms with Gasteiger partial charge < -0.3 is 14.9 Å². The Labute approximate surface area is 163 Å². The molecule has 0 saturated heterocycles. The van der Waals surface area contributed by atoms with Crippen molar-refractivity contribution in [3.8, 4) is 0 Å². The minimum absolute atomic E-state index is 0. The van der Waals surface area contributed by atoms with Crippen molar-refractivity contribution in [3.63, 3.8) is 0 Å². The van der Waals surface area contributed by atoms with E-state index in [1.165, 1.54) is 15.9 Å². The van der Waals surface area contributed by atoms with Gasteiger partial charge in [0.05, 0.1) is 7.92 Å². The quantitative estimate of drug-likeness (QED) is 0.298. The molecule has 4 heteroatoms. The van der Waals surface area contributed by atoms with Crippen LogP contribution in [0.5, 0.6) is 0 Å². The molecule has 0 fully saturated rings. The van der Waals surface area contributed by atoms with Crippen LogP contribution >= 0.6 is 27.2 Å². The smallest absolute Gasteiger partial charge is 0.0620 e. The maximum atomic E-state index is 4.90. The summed E-state index contributed by atoms with van der Waals surface area (Å²) in [6, 6.07) is 32.5. The molecule has 0 nitrogen and oxygen atoms in total. The van der Waals surface area contributed by atoms with E-state index in [1.54, 1.807) is 0 Å². The van der Waals surface area contributed by atoms with Crippen LogP contribution < -0.4 is 15.9 Å². The maximum Gasteiger partial charge on any atom is 0.102 e. The van der Waals surface area contributed by atoms with E-state index in [0.29, 0.717) is 0 Å². The van der Waals surface area contributed by atoms with Gasteiger partial charge in [-0.1, -0.05) is 54.6 Å². The monoisotopic (exact) mass is 555 g/mol. The van der Waals surface area contributed by atoms with Gasteiger partial charge in [-0.3, -0.25) is 0 Å². The molecular weight excluding hydrogens is 532 g/mol. The van der Waals surface area contributed by atoms with Crippen LogP contribution in [0, 0.1) is 14.9 Å². The molecule has 0 radical (unpaired) electrons. The molecule has 0 aromatic heterocycles. The fourth-order valence-electron chi connectivity index (χ4n) is 2.31. The molecule has 0 aliphatic carbocycles. The van der Waals surface area contributed by atoms with Crippen molar-refractivity contribution in [2.45, 2.75) is 0 Å². The Morgan fingerprint density at radius 3 is 0.917 bits per heavy atom. The van der Waals surface area contributed by atoms with Gasteiger partial charge in [-0.15, -0.1) is 0 Å². The van der Waals surface area contributed by atoms with Gasteiger partial charge in [0.1, 0.15) is 15.9 Å². The number of hydrogen-bond acceptors (Lipinski definition) is 0. The van der Waals surface area contributed by atoms with Crippen LogP contribution in [0.25, 0.3) is 0 Å². The molecule has 0 atom stereocenters. The second-order valence-corrected chi connectivity index (χ2v) is 10.7. The second-order valence-electron chi connectivity index (χ2n) is 4.52. The van der Waals surface area contributed by atoms with Crippen molar-refractivity contribution in [2.75, 3.05) is 0 Å². The summed E-state index contributed by atoms with van der Waals surface area (Å²) in [5.41, 5.74) is 0. The van der Waals surface area contributed by atoms with Gasteiger partial charge in [-0.25, -0.2) is 0 Å². The SMILES string of the molecule is [CH3-].[CH3-].[Cl][Os][Cl].c1ccc([PH+](c2ccccc2)c2ccccc2)cc1. The third-order valence-corrected chi connectivity index (χ3v) is 5.92. The summed E-state index contributed by atoms with van der Waals surface area (Å²) >= 11 is -0.639. The molecule has 0 unspecified atom stereocenters. The summed E-state index contributed by atoms with van der Waals surface area (Å²) in [6.45, 7) is 0. The topological polar surface area (TPSA) is 0 Å². The molecule has 0 aliphatic rings. The molecule has 0 N–H and O–H groups in total. The van der Waals surface area contributed by atoms with E-state index < -0.39 is 23.3 Å². The Morgan fingerprint density at radius 2 is 0.708 bits per heavy atom. The van der Waals surface area contributed by atoms with Crippen molar-refractivity contribution in [3.05, 3.63) is 106 Å². The second kappa shape index (κ2) is 13.6. The van der Waals surface area contributed by atoms with Crippen molar-refractivity contribution in [1.82, 2.24) is 0 Å². The average Bonchev–Trinajstić information content (AvgIpc) is 2.59. The predicted octanol–water partition coefficient (Wildman–Crippen LogP) is 5.45. The molecule has 0 bridgehead atoms. The van der Waals surface area contributed by atoms with Gasteiger partial charge in [-0.2, -0.15) is 0 Å². The Balaban J connectivity index is 0.000000988. The normalized spacial score (nSPS) is 9.29. The van der Waals surface area contributed by atoms with Crippen molar-refractivity contribution < 1.29 is 15.4 Å². The third kappa shape index (κ3) is 7.05. The molecule has 3 aromatic rings. The summed E-state index contributed by atoms with van der Waals surface area (Å²) in [5.74, 6) is 0. The molecule has 130 valence electrons. The first-order chi connectivity index (χ1) is 10.9. The Hall–Kier alpha value is -0.694. The summed E-state index contributed by atoms with van der Waals surface area (Å²) in [7, 11) is 8.93. The largest absolute Gasteiger partial charge is 0.102 e. The van der Waals surface area contributed by atoms with E-state index in [4.69, 9.17) is 19.3 Å². The predicted molar refractivity (Wildman–Crippen MR) is 111 cm³/mol. The van der Waals surface area contributed by atoms with E-state index in [2.05, 4.69) is 91.0 Å². The summed E-state index contributed by atoms with van der Waals surface area (Å²) in [6.07, 6.45) is 0. The maximum absolute atomic E-state index is 4.90. The van der Waals surface area contributed by atoms with Crippen LogP contribution in [0.15, 0.2) is 91.0 Å². The van der Waals surface area contributed by atoms with Gasteiger partial charge in [-0.05, 0) is 36.4 Å². The van der Waals surface area contributed by atoms with E-state index in [9.17, 15) is 0 Å². The molecule has 3 rings (SSSR count). The first-order valence-electron chi connectivity index (χ1n) is 6.75. The summed E-state index contributed by atoms with van der Waals surface area (Å²) < 4.78 is 0. The van der Waals surface area contributed by atoms with Crippen LogP contribution in [0.2, 0.25) is 0 Å². The zero-order valence-corrected chi connectivity index (χ0v) is 18.8. The minimum atomic E-state index is -0.877. The van der Waals surface area contributed by atoms with E-state index in [0.717, 1.165) is 0 Å². The van der Waals surface area contributed by atoms with E-state index >= 15 is 0 Å². The van der Waals surface area contributed by atoms with Crippen LogP contribution in [0.1, 0.15) is 0 Å². The molecule has 0 saturated carbocycles. The molecule has 24 heavy (non-hydrogen) atoms. The average molecular weight is 555 g/mol. The number of rotatable bonds is 3. The molecule has 0 amide bonds. The standard InChI is InChI=1S/C18H15P.2CH3.2ClH.Os/c1-4-10-16(11-5-1)19(17-12-6-2-7-13-17)18-14-8-3-9-15-18;;;;;/h1-15H;2*1H3;2*1H;/q;2*-1;;;+2/p-1.